The molecular weight excluding hydrogens is 375 g/mol. The van der Waals surface area contributed by atoms with Gasteiger partial charge in [0.2, 0.25) is 0 Å². The lowest BCUT2D eigenvalue weighted by molar-refractivity contribution is -0.136. The highest BCUT2D eigenvalue weighted by Gasteiger charge is 2.28. The minimum absolute atomic E-state index is 0.0789. The number of carbonyl (C=O) groups is 1. The van der Waals surface area contributed by atoms with Crippen LogP contribution in [0.5, 0.6) is 5.75 Å². The summed E-state index contributed by atoms with van der Waals surface area (Å²) in [6, 6.07) is 5.15. The fourth-order valence-electron chi connectivity index (χ4n) is 2.58. The predicted molar refractivity (Wildman–Crippen MR) is 99.7 cm³/mol. The summed E-state index contributed by atoms with van der Waals surface area (Å²) in [7, 11) is 0. The van der Waals surface area contributed by atoms with Crippen LogP contribution in [0.2, 0.25) is 0 Å². The average molecular weight is 401 g/mol. The zero-order valence-corrected chi connectivity index (χ0v) is 16.5. The molecule has 0 spiro atoms. The van der Waals surface area contributed by atoms with E-state index in [1.807, 2.05) is 0 Å². The van der Waals surface area contributed by atoms with Gasteiger partial charge in [0.15, 0.2) is 6.10 Å². The minimum Gasteiger partial charge on any atom is -0.481 e. The second-order valence-electron chi connectivity index (χ2n) is 7.72. The van der Waals surface area contributed by atoms with Crippen LogP contribution in [0.25, 0.3) is 0 Å². The Bertz CT molecular complexity index is 742. The lowest BCUT2D eigenvalue weighted by atomic mass is 10.1. The molecule has 2 N–H and O–H groups in total. The Balaban J connectivity index is 2.15. The number of nitrogens with two attached hydrogens (primary N) is 1. The summed E-state index contributed by atoms with van der Waals surface area (Å²) in [6.45, 7) is 6.89. The van der Waals surface area contributed by atoms with Gasteiger partial charge < -0.3 is 20.1 Å². The number of carbonyl (C=O) groups excluding carboxylic acids is 1. The Morgan fingerprint density at radius 1 is 1.32 bits per heavy atom. The summed E-state index contributed by atoms with van der Waals surface area (Å²) in [5.74, 6) is 0.894. The molecule has 1 aromatic carbocycles. The van der Waals surface area contributed by atoms with Crippen LogP contribution >= 0.6 is 0 Å². The van der Waals surface area contributed by atoms with Crippen molar-refractivity contribution in [3.05, 3.63) is 23.8 Å². The molecule has 2 rings (SSSR count). The van der Waals surface area contributed by atoms with Crippen molar-refractivity contribution in [1.82, 2.24) is 4.90 Å². The van der Waals surface area contributed by atoms with E-state index in [1.165, 1.54) is 4.90 Å². The number of ether oxygens (including phenoxy) is 2. The van der Waals surface area contributed by atoms with E-state index in [0.29, 0.717) is 22.8 Å². The van der Waals surface area contributed by atoms with Crippen LogP contribution in [0.1, 0.15) is 46.1 Å². The molecule has 9 heteroatoms. The van der Waals surface area contributed by atoms with Crippen molar-refractivity contribution in [2.24, 2.45) is 10.7 Å². The molecule has 1 aromatic rings. The fraction of sp³-hybridized carbons (Fsp3) is 0.579. The Morgan fingerprint density at radius 2 is 2.00 bits per heavy atom. The number of halogens is 3. The molecule has 0 fully saturated rings. The molecule has 156 valence electrons. The van der Waals surface area contributed by atoms with Crippen molar-refractivity contribution in [3.8, 4) is 5.75 Å². The molecule has 1 atom stereocenters. The maximum atomic E-state index is 12.5. The molecule has 1 amide bonds. The molecule has 0 radical (unpaired) electrons. The number of benzene rings is 1. The van der Waals surface area contributed by atoms with Gasteiger partial charge in [-0.15, -0.1) is 0 Å². The second kappa shape index (κ2) is 8.28. The van der Waals surface area contributed by atoms with Crippen molar-refractivity contribution < 1.29 is 27.4 Å². The van der Waals surface area contributed by atoms with Crippen LogP contribution in [0, 0.1) is 0 Å². The molecule has 28 heavy (non-hydrogen) atoms. The summed E-state index contributed by atoms with van der Waals surface area (Å²) in [5.41, 5.74) is 6.26. The topological polar surface area (TPSA) is 77.1 Å². The largest absolute Gasteiger partial charge is 0.481 e. The minimum atomic E-state index is -4.27. The van der Waals surface area contributed by atoms with E-state index in [9.17, 15) is 18.0 Å². The van der Waals surface area contributed by atoms with Gasteiger partial charge in [-0.1, -0.05) is 6.07 Å². The first kappa shape index (κ1) is 21.8. The summed E-state index contributed by atoms with van der Waals surface area (Å²) in [5, 5.41) is 0. The predicted octanol–water partition coefficient (Wildman–Crippen LogP) is 4.54. The first-order valence-corrected chi connectivity index (χ1v) is 9.02. The van der Waals surface area contributed by atoms with E-state index in [1.54, 1.807) is 45.9 Å². The highest BCUT2D eigenvalue weighted by Crippen LogP contribution is 2.33. The quantitative estimate of drug-likeness (QED) is 0.786. The van der Waals surface area contributed by atoms with Gasteiger partial charge in [0.05, 0.1) is 0 Å². The van der Waals surface area contributed by atoms with Crippen molar-refractivity contribution in [1.29, 1.82) is 0 Å². The molecule has 0 saturated carbocycles. The second-order valence-corrected chi connectivity index (χ2v) is 7.72. The number of aliphatic imine (C=N–C) groups is 1. The monoisotopic (exact) mass is 401 g/mol. The summed E-state index contributed by atoms with van der Waals surface area (Å²) < 4.78 is 48.4. The number of hydrogen-bond donors (Lipinski definition) is 1. The molecule has 0 saturated heterocycles. The maximum Gasteiger partial charge on any atom is 0.410 e. The molecule has 1 heterocycles. The third kappa shape index (κ3) is 6.61. The molecule has 0 bridgehead atoms. The summed E-state index contributed by atoms with van der Waals surface area (Å²) >= 11 is 0. The van der Waals surface area contributed by atoms with Gasteiger partial charge in [0.1, 0.15) is 22.9 Å². The van der Waals surface area contributed by atoms with Crippen LogP contribution in [-0.4, -0.2) is 41.3 Å². The Hall–Kier alpha value is -2.45. The van der Waals surface area contributed by atoms with E-state index in [0.717, 1.165) is 0 Å². The van der Waals surface area contributed by atoms with Crippen LogP contribution in [0.4, 0.5) is 23.7 Å². The van der Waals surface area contributed by atoms with Gasteiger partial charge in [-0.05, 0) is 51.8 Å². The number of amidine groups is 1. The molecule has 0 aliphatic carbocycles. The first-order chi connectivity index (χ1) is 12.8. The third-order valence-corrected chi connectivity index (χ3v) is 3.91. The van der Waals surface area contributed by atoms with Gasteiger partial charge in [-0.25, -0.2) is 9.79 Å². The van der Waals surface area contributed by atoms with Gasteiger partial charge in [-0.2, -0.15) is 13.2 Å². The van der Waals surface area contributed by atoms with Gasteiger partial charge in [-0.3, -0.25) is 0 Å². The molecule has 0 aromatic heterocycles. The van der Waals surface area contributed by atoms with Crippen LogP contribution in [0.3, 0.4) is 0 Å². The Kier molecular flexibility index (Phi) is 6.46. The molecule has 6 nitrogen and oxygen atoms in total. The zero-order chi connectivity index (χ0) is 21.1. The van der Waals surface area contributed by atoms with E-state index in [2.05, 4.69) is 4.99 Å². The number of alkyl halides is 3. The number of amides is 1. The van der Waals surface area contributed by atoms with E-state index < -0.39 is 24.3 Å². The third-order valence-electron chi connectivity index (χ3n) is 3.91. The van der Waals surface area contributed by atoms with E-state index >= 15 is 0 Å². The molecule has 1 unspecified atom stereocenters. The van der Waals surface area contributed by atoms with E-state index in [4.69, 9.17) is 15.2 Å². The van der Waals surface area contributed by atoms with Gasteiger partial charge >= 0.3 is 12.3 Å². The highest BCUT2D eigenvalue weighted by molar-refractivity contribution is 5.89. The lowest BCUT2D eigenvalue weighted by Gasteiger charge is -2.28. The standard InChI is InChI=1S/C19H26F3N3O3/c1-12-16(23)24-14-10-13(6-7-15(14)27-12)11-25(9-5-8-19(20,21)22)17(26)28-18(2,3)4/h6-7,10,12H,5,8-9,11H2,1-4H3,(H2,23,24). The van der Waals surface area contributed by atoms with Gasteiger partial charge in [0.25, 0.3) is 0 Å². The van der Waals surface area contributed by atoms with Crippen molar-refractivity contribution >= 4 is 17.6 Å². The molecule has 1 aliphatic heterocycles. The first-order valence-electron chi connectivity index (χ1n) is 9.02. The average Bonchev–Trinajstić information content (AvgIpc) is 2.52. The van der Waals surface area contributed by atoms with E-state index in [-0.39, 0.29) is 25.6 Å². The summed E-state index contributed by atoms with van der Waals surface area (Å²) in [6.07, 6.45) is -6.45. The number of rotatable bonds is 5. The number of nitrogens with zero attached hydrogens (tertiary/aromatic N) is 2. The molecular formula is C19H26F3N3O3. The Morgan fingerprint density at radius 3 is 2.61 bits per heavy atom. The highest BCUT2D eigenvalue weighted by atomic mass is 19.4. The van der Waals surface area contributed by atoms with Crippen LogP contribution in [0.15, 0.2) is 23.2 Å². The van der Waals surface area contributed by atoms with Crippen LogP contribution in [-0.2, 0) is 11.3 Å². The smallest absolute Gasteiger partial charge is 0.410 e. The SMILES string of the molecule is CC1Oc2ccc(CN(CCCC(F)(F)F)C(=O)OC(C)(C)C)cc2N=C1N. The number of fused-ring (bicyclic) bond motifs is 1. The van der Waals surface area contributed by atoms with Gasteiger partial charge in [0, 0.05) is 19.5 Å². The van der Waals surface area contributed by atoms with Crippen molar-refractivity contribution in [2.75, 3.05) is 6.54 Å². The van der Waals surface area contributed by atoms with Crippen LogP contribution < -0.4 is 10.5 Å². The molecule has 1 aliphatic rings. The normalized spacial score (nSPS) is 16.7. The zero-order valence-electron chi connectivity index (χ0n) is 16.5. The van der Waals surface area contributed by atoms with Crippen molar-refractivity contribution in [2.45, 2.75) is 65.0 Å². The lowest BCUT2D eigenvalue weighted by Crippen LogP contribution is -2.37. The number of hydrogen-bond acceptors (Lipinski definition) is 5. The van der Waals surface area contributed by atoms with Crippen molar-refractivity contribution in [3.63, 3.8) is 0 Å². The maximum absolute atomic E-state index is 12.5. The Labute approximate surface area is 162 Å². The summed E-state index contributed by atoms with van der Waals surface area (Å²) in [4.78, 5) is 18.0. The fourth-order valence-corrected chi connectivity index (χ4v) is 2.58.